The van der Waals surface area contributed by atoms with Crippen LogP contribution in [-0.4, -0.2) is 47.5 Å². The van der Waals surface area contributed by atoms with Crippen molar-refractivity contribution in [2.75, 3.05) is 26.2 Å². The van der Waals surface area contributed by atoms with Gasteiger partial charge < -0.3 is 10.6 Å². The zero-order valence-electron chi connectivity index (χ0n) is 15.6. The maximum absolute atomic E-state index is 13.3. The minimum atomic E-state index is -0.464. The second-order valence-electron chi connectivity index (χ2n) is 6.93. The van der Waals surface area contributed by atoms with Gasteiger partial charge in [0.25, 0.3) is 0 Å². The molecule has 1 fully saturated rings. The van der Waals surface area contributed by atoms with Gasteiger partial charge in [-0.2, -0.15) is 0 Å². The SMILES string of the molecule is Cl.Cl.Cl.O=C(NCc1cccnc1)C1(N2CCNCC2)Cc2ccccc2C1. The van der Waals surface area contributed by atoms with Gasteiger partial charge in [-0.05, 0) is 22.8 Å². The summed E-state index contributed by atoms with van der Waals surface area (Å²) in [5, 5.41) is 6.56. The zero-order chi connectivity index (χ0) is 17.1. The third-order valence-electron chi connectivity index (χ3n) is 5.41. The van der Waals surface area contributed by atoms with E-state index < -0.39 is 5.54 Å². The van der Waals surface area contributed by atoms with Gasteiger partial charge in [0.1, 0.15) is 5.54 Å². The van der Waals surface area contributed by atoms with Crippen molar-refractivity contribution in [1.29, 1.82) is 0 Å². The van der Waals surface area contributed by atoms with E-state index in [4.69, 9.17) is 0 Å². The minimum Gasteiger partial charge on any atom is -0.350 e. The highest BCUT2D eigenvalue weighted by molar-refractivity contribution is 5.88. The Balaban J connectivity index is 0.00000131. The molecular formula is C20H27Cl3N4O. The number of piperazine rings is 1. The number of aromatic nitrogens is 1. The molecule has 4 rings (SSSR count). The third-order valence-corrected chi connectivity index (χ3v) is 5.41. The molecule has 0 unspecified atom stereocenters. The van der Waals surface area contributed by atoms with Gasteiger partial charge in [0, 0.05) is 58.0 Å². The fourth-order valence-electron chi connectivity index (χ4n) is 4.07. The Hall–Kier alpha value is -1.37. The molecule has 1 aromatic heterocycles. The molecule has 1 amide bonds. The first kappa shape index (κ1) is 24.7. The molecule has 0 bridgehead atoms. The van der Waals surface area contributed by atoms with E-state index in [1.807, 2.05) is 12.1 Å². The molecule has 28 heavy (non-hydrogen) atoms. The van der Waals surface area contributed by atoms with Crippen molar-refractivity contribution in [3.05, 3.63) is 65.5 Å². The van der Waals surface area contributed by atoms with Crippen LogP contribution >= 0.6 is 37.2 Å². The molecular weight excluding hydrogens is 419 g/mol. The number of pyridine rings is 1. The number of fused-ring (bicyclic) bond motifs is 1. The van der Waals surface area contributed by atoms with E-state index in [1.165, 1.54) is 11.1 Å². The maximum atomic E-state index is 13.3. The first-order chi connectivity index (χ1) is 12.3. The predicted octanol–water partition coefficient (Wildman–Crippen LogP) is 2.41. The van der Waals surface area contributed by atoms with Crippen LogP contribution in [0.15, 0.2) is 48.8 Å². The van der Waals surface area contributed by atoms with Gasteiger partial charge in [0.05, 0.1) is 0 Å². The first-order valence-electron chi connectivity index (χ1n) is 8.98. The van der Waals surface area contributed by atoms with E-state index in [1.54, 1.807) is 12.4 Å². The Morgan fingerprint density at radius 2 is 1.68 bits per heavy atom. The quantitative estimate of drug-likeness (QED) is 0.759. The molecule has 1 aliphatic heterocycles. The van der Waals surface area contributed by atoms with E-state index in [2.05, 4.69) is 44.8 Å². The molecule has 2 aliphatic rings. The lowest BCUT2D eigenvalue weighted by Gasteiger charge is -2.42. The molecule has 1 aromatic carbocycles. The summed E-state index contributed by atoms with van der Waals surface area (Å²) in [6, 6.07) is 12.4. The largest absolute Gasteiger partial charge is 0.350 e. The van der Waals surface area contributed by atoms with Crippen LogP contribution < -0.4 is 10.6 Å². The molecule has 2 N–H and O–H groups in total. The monoisotopic (exact) mass is 444 g/mol. The van der Waals surface area contributed by atoms with Gasteiger partial charge in [0.15, 0.2) is 0 Å². The smallest absolute Gasteiger partial charge is 0.241 e. The second kappa shape index (κ2) is 11.0. The van der Waals surface area contributed by atoms with Crippen LogP contribution in [0.25, 0.3) is 0 Å². The highest BCUT2D eigenvalue weighted by Gasteiger charge is 2.48. The maximum Gasteiger partial charge on any atom is 0.241 e. The number of rotatable bonds is 4. The van der Waals surface area contributed by atoms with Crippen molar-refractivity contribution in [2.24, 2.45) is 0 Å². The molecule has 5 nitrogen and oxygen atoms in total. The Labute approximate surface area is 184 Å². The number of nitrogens with one attached hydrogen (secondary N) is 2. The van der Waals surface area contributed by atoms with Crippen LogP contribution in [0.2, 0.25) is 0 Å². The summed E-state index contributed by atoms with van der Waals surface area (Å²) < 4.78 is 0. The minimum absolute atomic E-state index is 0. The van der Waals surface area contributed by atoms with E-state index in [0.717, 1.165) is 44.6 Å². The number of carbonyl (C=O) groups is 1. The number of nitrogens with zero attached hydrogens (tertiary/aromatic N) is 2. The van der Waals surface area contributed by atoms with Crippen molar-refractivity contribution >= 4 is 43.1 Å². The van der Waals surface area contributed by atoms with Crippen LogP contribution in [0, 0.1) is 0 Å². The molecule has 154 valence electrons. The average Bonchev–Trinajstić information content (AvgIpc) is 3.08. The average molecular weight is 446 g/mol. The summed E-state index contributed by atoms with van der Waals surface area (Å²) in [6.45, 7) is 4.22. The third kappa shape index (κ3) is 4.97. The van der Waals surface area contributed by atoms with Crippen LogP contribution in [0.5, 0.6) is 0 Å². The van der Waals surface area contributed by atoms with Crippen molar-refractivity contribution in [1.82, 2.24) is 20.5 Å². The number of hydrogen-bond acceptors (Lipinski definition) is 4. The summed E-state index contributed by atoms with van der Waals surface area (Å²) in [7, 11) is 0. The topological polar surface area (TPSA) is 57.3 Å². The summed E-state index contributed by atoms with van der Waals surface area (Å²) >= 11 is 0. The fourth-order valence-corrected chi connectivity index (χ4v) is 4.07. The summed E-state index contributed by atoms with van der Waals surface area (Å²) in [5.74, 6) is 0.134. The van der Waals surface area contributed by atoms with Crippen molar-refractivity contribution in [2.45, 2.75) is 24.9 Å². The second-order valence-corrected chi connectivity index (χ2v) is 6.93. The number of amides is 1. The van der Waals surface area contributed by atoms with Crippen molar-refractivity contribution in [3.8, 4) is 0 Å². The number of halogens is 3. The molecule has 2 aromatic rings. The van der Waals surface area contributed by atoms with Crippen LogP contribution in [0.1, 0.15) is 16.7 Å². The van der Waals surface area contributed by atoms with Gasteiger partial charge >= 0.3 is 0 Å². The Morgan fingerprint density at radius 3 is 2.25 bits per heavy atom. The lowest BCUT2D eigenvalue weighted by molar-refractivity contribution is -0.134. The molecule has 8 heteroatoms. The molecule has 1 aliphatic carbocycles. The summed E-state index contributed by atoms with van der Waals surface area (Å²) in [5.41, 5.74) is 3.17. The molecule has 0 atom stereocenters. The highest BCUT2D eigenvalue weighted by Crippen LogP contribution is 2.35. The van der Waals surface area contributed by atoms with E-state index >= 15 is 0 Å². The molecule has 0 radical (unpaired) electrons. The Bertz CT molecular complexity index is 729. The molecule has 1 saturated heterocycles. The van der Waals surface area contributed by atoms with Gasteiger partial charge in [-0.25, -0.2) is 0 Å². The normalized spacial score (nSPS) is 17.3. The molecule has 0 saturated carbocycles. The number of carbonyl (C=O) groups excluding carboxylic acids is 1. The lowest BCUT2D eigenvalue weighted by Crippen LogP contribution is -2.63. The van der Waals surface area contributed by atoms with Gasteiger partial charge in [0.2, 0.25) is 5.91 Å². The standard InChI is InChI=1S/C20H24N4O.3ClH/c25-19(23-15-16-4-3-7-22-14-16)20(24-10-8-21-9-11-24)12-17-5-1-2-6-18(17)13-20;;;/h1-7,14,21H,8-13,15H2,(H,23,25);3*1H. The Morgan fingerprint density at radius 1 is 1.04 bits per heavy atom. The number of benzene rings is 1. The van der Waals surface area contributed by atoms with Gasteiger partial charge in [-0.1, -0.05) is 30.3 Å². The first-order valence-corrected chi connectivity index (χ1v) is 8.98. The predicted molar refractivity (Wildman–Crippen MR) is 119 cm³/mol. The lowest BCUT2D eigenvalue weighted by atomic mass is 9.91. The summed E-state index contributed by atoms with van der Waals surface area (Å²) in [6.07, 6.45) is 5.15. The fraction of sp³-hybridized carbons (Fsp3) is 0.400. The van der Waals surface area contributed by atoms with Crippen LogP contribution in [-0.2, 0) is 24.2 Å². The highest BCUT2D eigenvalue weighted by atomic mass is 35.5. The van der Waals surface area contributed by atoms with Gasteiger partial charge in [-0.15, -0.1) is 37.2 Å². The van der Waals surface area contributed by atoms with E-state index in [9.17, 15) is 4.79 Å². The van der Waals surface area contributed by atoms with Crippen molar-refractivity contribution < 1.29 is 4.79 Å². The molecule has 0 spiro atoms. The van der Waals surface area contributed by atoms with E-state index in [0.29, 0.717) is 6.54 Å². The van der Waals surface area contributed by atoms with E-state index in [-0.39, 0.29) is 43.1 Å². The van der Waals surface area contributed by atoms with Gasteiger partial charge in [-0.3, -0.25) is 14.7 Å². The zero-order valence-corrected chi connectivity index (χ0v) is 18.0. The summed E-state index contributed by atoms with van der Waals surface area (Å²) in [4.78, 5) is 19.8. The van der Waals surface area contributed by atoms with Crippen LogP contribution in [0.4, 0.5) is 0 Å². The molecule has 2 heterocycles. The number of hydrogen-bond donors (Lipinski definition) is 2. The van der Waals surface area contributed by atoms with Crippen LogP contribution in [0.3, 0.4) is 0 Å². The van der Waals surface area contributed by atoms with Crippen molar-refractivity contribution in [3.63, 3.8) is 0 Å². The Kier molecular flexibility index (Phi) is 9.67.